The number of hydrogen-bond donors (Lipinski definition) is 1. The van der Waals surface area contributed by atoms with Crippen LogP contribution in [-0.4, -0.2) is 36.5 Å². The van der Waals surface area contributed by atoms with Gasteiger partial charge in [0.2, 0.25) is 5.76 Å². The maximum atomic E-state index is 12.1. The van der Waals surface area contributed by atoms with Crippen LogP contribution < -0.4 is 5.32 Å². The second-order valence-corrected chi connectivity index (χ2v) is 7.00. The Labute approximate surface area is 168 Å². The van der Waals surface area contributed by atoms with E-state index < -0.39 is 24.5 Å². The number of carbonyl (C=O) groups excluding carboxylic acids is 3. The first-order chi connectivity index (χ1) is 14.0. The Balaban J connectivity index is 1.39. The Hall–Kier alpha value is -3.72. The van der Waals surface area contributed by atoms with E-state index in [-0.39, 0.29) is 5.76 Å². The van der Waals surface area contributed by atoms with Gasteiger partial charge in [-0.15, -0.1) is 0 Å². The van der Waals surface area contributed by atoms with Gasteiger partial charge in [-0.2, -0.15) is 0 Å². The molecule has 29 heavy (non-hydrogen) atoms. The van der Waals surface area contributed by atoms with Crippen LogP contribution in [0.3, 0.4) is 0 Å². The maximum absolute atomic E-state index is 12.1. The van der Waals surface area contributed by atoms with Crippen LogP contribution in [0.1, 0.15) is 20.9 Å². The zero-order valence-electron chi connectivity index (χ0n) is 15.1. The van der Waals surface area contributed by atoms with Crippen LogP contribution in [0, 0.1) is 0 Å². The Morgan fingerprint density at radius 2 is 1.93 bits per heavy atom. The lowest BCUT2D eigenvalue weighted by Gasteiger charge is -2.02. The Bertz CT molecular complexity index is 1210. The zero-order chi connectivity index (χ0) is 20.4. The maximum Gasteiger partial charge on any atom is 0.374 e. The molecule has 2 heterocycles. The summed E-state index contributed by atoms with van der Waals surface area (Å²) in [5.74, 6) is -1.72. The fourth-order valence-electron chi connectivity index (χ4n) is 2.67. The molecule has 0 atom stereocenters. The van der Waals surface area contributed by atoms with E-state index in [0.29, 0.717) is 21.8 Å². The van der Waals surface area contributed by atoms with Crippen LogP contribution in [0.2, 0.25) is 0 Å². The number of para-hydroxylation sites is 1. The molecule has 4 aromatic rings. The topological polar surface area (TPSA) is 108 Å². The molecule has 2 aromatic heterocycles. The predicted molar refractivity (Wildman–Crippen MR) is 106 cm³/mol. The lowest BCUT2D eigenvalue weighted by atomic mass is 10.2. The molecule has 0 spiro atoms. The number of amides is 1. The van der Waals surface area contributed by atoms with Crippen LogP contribution in [0.4, 0.5) is 5.13 Å². The summed E-state index contributed by atoms with van der Waals surface area (Å²) < 4.78 is 15.9. The lowest BCUT2D eigenvalue weighted by Crippen LogP contribution is -2.20. The first-order valence-electron chi connectivity index (χ1n) is 8.48. The molecular formula is C20H14N2O6S. The average molecular weight is 410 g/mol. The molecule has 9 heteroatoms. The van der Waals surface area contributed by atoms with E-state index in [4.69, 9.17) is 9.15 Å². The molecule has 1 N–H and O–H groups in total. The Kier molecular flexibility index (Phi) is 4.96. The highest BCUT2D eigenvalue weighted by Crippen LogP contribution is 2.27. The van der Waals surface area contributed by atoms with Crippen molar-refractivity contribution in [2.45, 2.75) is 0 Å². The first kappa shape index (κ1) is 18.6. The number of fused-ring (bicyclic) bond motifs is 2. The van der Waals surface area contributed by atoms with Crippen molar-refractivity contribution in [2.75, 3.05) is 19.0 Å². The highest BCUT2D eigenvalue weighted by atomic mass is 32.1. The van der Waals surface area contributed by atoms with Gasteiger partial charge < -0.3 is 13.9 Å². The molecule has 146 valence electrons. The number of thiazole rings is 1. The van der Waals surface area contributed by atoms with Crippen molar-refractivity contribution in [3.05, 3.63) is 59.9 Å². The van der Waals surface area contributed by atoms with E-state index in [9.17, 15) is 14.4 Å². The minimum absolute atomic E-state index is 0.0225. The normalized spacial score (nSPS) is 10.8. The molecule has 0 aliphatic heterocycles. The third kappa shape index (κ3) is 3.94. The third-order valence-corrected chi connectivity index (χ3v) is 4.97. The highest BCUT2D eigenvalue weighted by molar-refractivity contribution is 7.22. The third-order valence-electron chi connectivity index (χ3n) is 4.02. The standard InChI is InChI=1S/C20H14N2O6S/c1-26-18(24)12-6-7-16-13(8-12)21-20(29-16)22-17(23)10-27-19(25)15-9-11-4-2-3-5-14(11)28-15/h2-9H,10H2,1H3,(H,21,22,23). The molecule has 0 radical (unpaired) electrons. The van der Waals surface area contributed by atoms with Gasteiger partial charge in [0.1, 0.15) is 5.58 Å². The van der Waals surface area contributed by atoms with Gasteiger partial charge in [0.15, 0.2) is 11.7 Å². The molecule has 4 rings (SSSR count). The summed E-state index contributed by atoms with van der Waals surface area (Å²) in [5, 5.41) is 3.67. The van der Waals surface area contributed by atoms with Crippen molar-refractivity contribution in [3.8, 4) is 0 Å². The molecule has 0 unspecified atom stereocenters. The van der Waals surface area contributed by atoms with Crippen molar-refractivity contribution in [3.63, 3.8) is 0 Å². The van der Waals surface area contributed by atoms with E-state index in [1.54, 1.807) is 42.5 Å². The molecule has 0 fully saturated rings. The number of nitrogens with zero attached hydrogens (tertiary/aromatic N) is 1. The van der Waals surface area contributed by atoms with Gasteiger partial charge in [0.05, 0.1) is 22.9 Å². The van der Waals surface area contributed by atoms with Gasteiger partial charge >= 0.3 is 11.9 Å². The SMILES string of the molecule is COC(=O)c1ccc2sc(NC(=O)COC(=O)c3cc4ccccc4o3)nc2c1. The van der Waals surface area contributed by atoms with Crippen LogP contribution in [-0.2, 0) is 14.3 Å². The van der Waals surface area contributed by atoms with Gasteiger partial charge in [0, 0.05) is 5.39 Å². The smallest absolute Gasteiger partial charge is 0.374 e. The van der Waals surface area contributed by atoms with Gasteiger partial charge in [-0.05, 0) is 30.3 Å². The summed E-state index contributed by atoms with van der Waals surface area (Å²) in [7, 11) is 1.30. The van der Waals surface area contributed by atoms with E-state index in [1.807, 2.05) is 6.07 Å². The van der Waals surface area contributed by atoms with Crippen LogP contribution in [0.5, 0.6) is 0 Å². The van der Waals surface area contributed by atoms with Crippen molar-refractivity contribution in [2.24, 2.45) is 0 Å². The Morgan fingerprint density at radius 3 is 2.72 bits per heavy atom. The summed E-state index contributed by atoms with van der Waals surface area (Å²) >= 11 is 1.23. The van der Waals surface area contributed by atoms with Crippen molar-refractivity contribution in [1.82, 2.24) is 4.98 Å². The van der Waals surface area contributed by atoms with E-state index in [1.165, 1.54) is 18.4 Å². The number of furan rings is 1. The number of aromatic nitrogens is 1. The van der Waals surface area contributed by atoms with Crippen LogP contribution >= 0.6 is 11.3 Å². The number of esters is 2. The zero-order valence-corrected chi connectivity index (χ0v) is 15.9. The number of methoxy groups -OCH3 is 1. The largest absolute Gasteiger partial charge is 0.465 e. The Morgan fingerprint density at radius 1 is 1.10 bits per heavy atom. The first-order valence-corrected chi connectivity index (χ1v) is 9.29. The molecule has 2 aromatic carbocycles. The van der Waals surface area contributed by atoms with Crippen molar-refractivity contribution >= 4 is 55.5 Å². The quantitative estimate of drug-likeness (QED) is 0.501. The summed E-state index contributed by atoms with van der Waals surface area (Å²) in [6, 6.07) is 13.6. The molecule has 8 nitrogen and oxygen atoms in total. The van der Waals surface area contributed by atoms with Crippen LogP contribution in [0.25, 0.3) is 21.2 Å². The molecule has 0 saturated heterocycles. The minimum atomic E-state index is -0.733. The van der Waals surface area contributed by atoms with Gasteiger partial charge in [-0.3, -0.25) is 10.1 Å². The summed E-state index contributed by atoms with van der Waals surface area (Å²) in [4.78, 5) is 40.0. The van der Waals surface area contributed by atoms with E-state index >= 15 is 0 Å². The molecular weight excluding hydrogens is 396 g/mol. The number of nitrogens with one attached hydrogen (secondary N) is 1. The monoisotopic (exact) mass is 410 g/mol. The number of hydrogen-bond acceptors (Lipinski definition) is 8. The number of anilines is 1. The van der Waals surface area contributed by atoms with Gasteiger partial charge in [-0.1, -0.05) is 29.5 Å². The molecule has 0 aliphatic carbocycles. The highest BCUT2D eigenvalue weighted by Gasteiger charge is 2.16. The number of benzene rings is 2. The van der Waals surface area contributed by atoms with Crippen molar-refractivity contribution < 1.29 is 28.3 Å². The van der Waals surface area contributed by atoms with E-state index in [2.05, 4.69) is 15.0 Å². The molecule has 0 bridgehead atoms. The number of carbonyl (C=O) groups is 3. The lowest BCUT2D eigenvalue weighted by molar-refractivity contribution is -0.119. The summed E-state index contributed by atoms with van der Waals surface area (Å²) in [6.07, 6.45) is 0. The number of ether oxygens (including phenoxy) is 2. The number of rotatable bonds is 5. The fraction of sp³-hybridized carbons (Fsp3) is 0.100. The van der Waals surface area contributed by atoms with Gasteiger partial charge in [-0.25, -0.2) is 14.6 Å². The second-order valence-electron chi connectivity index (χ2n) is 5.97. The summed E-state index contributed by atoms with van der Waals surface area (Å²) in [5.41, 5.74) is 1.47. The van der Waals surface area contributed by atoms with Crippen LogP contribution in [0.15, 0.2) is 52.9 Å². The molecule has 1 amide bonds. The fourth-order valence-corrected chi connectivity index (χ4v) is 3.53. The van der Waals surface area contributed by atoms with Crippen molar-refractivity contribution in [1.29, 1.82) is 0 Å². The average Bonchev–Trinajstić information content (AvgIpc) is 3.34. The summed E-state index contributed by atoms with van der Waals surface area (Å²) in [6.45, 7) is -0.487. The minimum Gasteiger partial charge on any atom is -0.465 e. The molecule has 0 saturated carbocycles. The predicted octanol–water partition coefficient (Wildman–Crippen LogP) is 3.62. The van der Waals surface area contributed by atoms with Gasteiger partial charge in [0.25, 0.3) is 5.91 Å². The van der Waals surface area contributed by atoms with E-state index in [0.717, 1.165) is 10.1 Å². The second kappa shape index (κ2) is 7.72. The molecule has 0 aliphatic rings.